The Morgan fingerprint density at radius 1 is 1.05 bits per heavy atom. The first-order valence-corrected chi connectivity index (χ1v) is 14.2. The third-order valence-corrected chi connectivity index (χ3v) is 7.85. The van der Waals surface area contributed by atoms with E-state index in [0.29, 0.717) is 22.4 Å². The lowest BCUT2D eigenvalue weighted by Gasteiger charge is -2.22. The van der Waals surface area contributed by atoms with Crippen LogP contribution >= 0.6 is 15.9 Å². The smallest absolute Gasteiger partial charge is 0.282 e. The van der Waals surface area contributed by atoms with Crippen LogP contribution in [0.15, 0.2) is 87.3 Å². The molecule has 3 aromatic carbocycles. The van der Waals surface area contributed by atoms with Crippen LogP contribution in [0, 0.1) is 5.82 Å². The number of nitrogens with one attached hydrogen (secondary N) is 1. The van der Waals surface area contributed by atoms with E-state index in [4.69, 9.17) is 10.1 Å². The van der Waals surface area contributed by atoms with Crippen molar-refractivity contribution in [1.29, 1.82) is 0 Å². The van der Waals surface area contributed by atoms with E-state index in [2.05, 4.69) is 21.2 Å². The molecule has 1 fully saturated rings. The Bertz CT molecular complexity index is 1820. The Hall–Kier alpha value is -4.11. The van der Waals surface area contributed by atoms with Crippen LogP contribution in [0.4, 0.5) is 10.1 Å². The van der Waals surface area contributed by atoms with Crippen molar-refractivity contribution in [2.75, 3.05) is 5.32 Å². The van der Waals surface area contributed by atoms with Gasteiger partial charge in [0.05, 0.1) is 17.1 Å². The fourth-order valence-electron chi connectivity index (χ4n) is 5.45. The van der Waals surface area contributed by atoms with Gasteiger partial charge < -0.3 is 9.88 Å². The molecular weight excluding hydrogens is 573 g/mol. The summed E-state index contributed by atoms with van der Waals surface area (Å²) in [5.41, 5.74) is 2.47. The average molecular weight is 600 g/mol. The number of para-hydroxylation sites is 1. The van der Waals surface area contributed by atoms with Gasteiger partial charge in [0.25, 0.3) is 5.56 Å². The second-order valence-electron chi connectivity index (χ2n) is 10.1. The Kier molecular flexibility index (Phi) is 7.30. The van der Waals surface area contributed by atoms with Crippen molar-refractivity contribution in [3.05, 3.63) is 105 Å². The molecule has 1 aliphatic rings. The molecule has 6 rings (SSSR count). The summed E-state index contributed by atoms with van der Waals surface area (Å²) in [6, 6.07) is 19.1. The van der Waals surface area contributed by atoms with Gasteiger partial charge >= 0.3 is 0 Å². The van der Waals surface area contributed by atoms with Gasteiger partial charge in [0.15, 0.2) is 0 Å². The minimum atomic E-state index is -0.416. The lowest BCUT2D eigenvalue weighted by molar-refractivity contribution is -0.116. The molecule has 202 valence electrons. The molecule has 9 heteroatoms. The normalized spacial score (nSPS) is 14.3. The first kappa shape index (κ1) is 26.1. The predicted molar refractivity (Wildman–Crippen MR) is 159 cm³/mol. The van der Waals surface area contributed by atoms with Gasteiger partial charge in [0.1, 0.15) is 18.2 Å². The molecule has 7 nitrogen and oxygen atoms in total. The highest BCUT2D eigenvalue weighted by Gasteiger charge is 2.22. The topological polar surface area (TPSA) is 81.3 Å². The molecule has 5 aromatic rings. The molecule has 0 unspecified atom stereocenters. The van der Waals surface area contributed by atoms with Crippen LogP contribution in [0.25, 0.3) is 21.8 Å². The molecule has 1 aliphatic carbocycles. The van der Waals surface area contributed by atoms with Crippen molar-refractivity contribution in [2.24, 2.45) is 5.10 Å². The van der Waals surface area contributed by atoms with E-state index in [1.165, 1.54) is 23.2 Å². The maximum Gasteiger partial charge on any atom is 0.282 e. The van der Waals surface area contributed by atoms with Crippen LogP contribution in [0.1, 0.15) is 49.4 Å². The minimum absolute atomic E-state index is 0.0314. The number of halogens is 2. The zero-order chi connectivity index (χ0) is 27.6. The van der Waals surface area contributed by atoms with Crippen molar-refractivity contribution in [1.82, 2.24) is 14.2 Å². The van der Waals surface area contributed by atoms with E-state index in [-0.39, 0.29) is 23.9 Å². The van der Waals surface area contributed by atoms with Crippen LogP contribution in [0.5, 0.6) is 0 Å². The molecule has 0 radical (unpaired) electrons. The Morgan fingerprint density at radius 3 is 2.70 bits per heavy atom. The van der Waals surface area contributed by atoms with E-state index in [1.807, 2.05) is 47.2 Å². The molecule has 2 aromatic heterocycles. The van der Waals surface area contributed by atoms with Crippen molar-refractivity contribution in [3.63, 3.8) is 0 Å². The van der Waals surface area contributed by atoms with E-state index < -0.39 is 5.82 Å². The van der Waals surface area contributed by atoms with Crippen LogP contribution in [-0.2, 0) is 11.3 Å². The minimum Gasteiger partial charge on any atom is -0.337 e. The maximum absolute atomic E-state index is 13.7. The lowest BCUT2D eigenvalue weighted by Crippen LogP contribution is -2.25. The Balaban J connectivity index is 1.37. The summed E-state index contributed by atoms with van der Waals surface area (Å²) in [5.74, 6) is 0.157. The van der Waals surface area contributed by atoms with E-state index in [1.54, 1.807) is 24.4 Å². The van der Waals surface area contributed by atoms with E-state index in [0.717, 1.165) is 46.6 Å². The number of fused-ring (bicyclic) bond motifs is 2. The predicted octanol–water partition coefficient (Wildman–Crippen LogP) is 6.82. The molecule has 0 aliphatic heterocycles. The van der Waals surface area contributed by atoms with Crippen LogP contribution < -0.4 is 10.9 Å². The molecule has 1 amide bonds. The van der Waals surface area contributed by atoms with E-state index >= 15 is 0 Å². The first-order valence-electron chi connectivity index (χ1n) is 13.4. The molecule has 2 heterocycles. The van der Waals surface area contributed by atoms with Crippen LogP contribution in [-0.4, -0.2) is 26.3 Å². The summed E-state index contributed by atoms with van der Waals surface area (Å²) in [4.78, 5) is 31.4. The second kappa shape index (κ2) is 11.2. The molecule has 0 saturated heterocycles. The van der Waals surface area contributed by atoms with Crippen molar-refractivity contribution < 1.29 is 9.18 Å². The molecule has 1 saturated carbocycles. The number of carbonyl (C=O) groups is 1. The Morgan fingerprint density at radius 2 is 1.88 bits per heavy atom. The molecular formula is C31H27BrFN5O2. The molecule has 1 N–H and O–H groups in total. The van der Waals surface area contributed by atoms with Gasteiger partial charge in [-0.25, -0.2) is 9.37 Å². The van der Waals surface area contributed by atoms with Gasteiger partial charge in [-0.1, -0.05) is 59.5 Å². The average Bonchev–Trinajstić information content (AvgIpc) is 3.30. The monoisotopic (exact) mass is 599 g/mol. The zero-order valence-corrected chi connectivity index (χ0v) is 23.3. The number of carbonyl (C=O) groups excluding carboxylic acids is 1. The van der Waals surface area contributed by atoms with Gasteiger partial charge in [0.2, 0.25) is 5.91 Å². The number of benzene rings is 3. The highest BCUT2D eigenvalue weighted by atomic mass is 79.9. The molecule has 40 heavy (non-hydrogen) atoms. The quantitative estimate of drug-likeness (QED) is 0.217. The third-order valence-electron chi connectivity index (χ3n) is 7.36. The lowest BCUT2D eigenvalue weighted by atomic mass is 9.88. The zero-order valence-electron chi connectivity index (χ0n) is 21.7. The summed E-state index contributed by atoms with van der Waals surface area (Å²) in [6.07, 6.45) is 8.87. The highest BCUT2D eigenvalue weighted by Crippen LogP contribution is 2.32. The molecule has 0 spiro atoms. The number of nitrogens with zero attached hydrogens (tertiary/aromatic N) is 4. The largest absolute Gasteiger partial charge is 0.337 e. The summed E-state index contributed by atoms with van der Waals surface area (Å²) >= 11 is 3.47. The number of hydrogen-bond donors (Lipinski definition) is 1. The van der Waals surface area contributed by atoms with Crippen molar-refractivity contribution in [2.45, 2.75) is 44.6 Å². The van der Waals surface area contributed by atoms with Gasteiger partial charge in [-0.05, 0) is 55.3 Å². The van der Waals surface area contributed by atoms with Crippen LogP contribution in [0.2, 0.25) is 0 Å². The maximum atomic E-state index is 13.7. The number of rotatable bonds is 6. The number of hydrogen-bond acceptors (Lipinski definition) is 4. The number of anilines is 1. The third kappa shape index (κ3) is 5.34. The number of amides is 1. The highest BCUT2D eigenvalue weighted by molar-refractivity contribution is 9.10. The standard InChI is InChI=1S/C31H27BrFN5O2/c32-22-13-14-27-26(15-22)31(40)38(30(36-27)20-7-2-1-3-8-20)34-17-21-18-37(28-12-5-4-11-25(21)28)19-29(39)35-24-10-6-9-23(33)16-24/h4-6,9-18,20H,1-3,7-8,19H2,(H,35,39). The fourth-order valence-corrected chi connectivity index (χ4v) is 5.81. The summed E-state index contributed by atoms with van der Waals surface area (Å²) in [6.45, 7) is 0.0314. The van der Waals surface area contributed by atoms with Gasteiger partial charge in [0, 0.05) is 38.7 Å². The number of aromatic nitrogens is 3. The second-order valence-corrected chi connectivity index (χ2v) is 11.0. The van der Waals surface area contributed by atoms with Crippen molar-refractivity contribution >= 4 is 55.5 Å². The fraction of sp³-hybridized carbons (Fsp3) is 0.226. The summed E-state index contributed by atoms with van der Waals surface area (Å²) in [7, 11) is 0. The van der Waals surface area contributed by atoms with Crippen LogP contribution in [0.3, 0.4) is 0 Å². The summed E-state index contributed by atoms with van der Waals surface area (Å²) < 4.78 is 17.6. The van der Waals surface area contributed by atoms with Gasteiger partial charge in [-0.15, -0.1) is 0 Å². The first-order chi connectivity index (χ1) is 19.5. The SMILES string of the molecule is O=C(Cn1cc(C=Nn2c(C3CCCCC3)nc3ccc(Br)cc3c2=O)c2ccccc21)Nc1cccc(F)c1. The summed E-state index contributed by atoms with van der Waals surface area (Å²) in [5, 5.41) is 8.84. The van der Waals surface area contributed by atoms with Gasteiger partial charge in [-0.3, -0.25) is 9.59 Å². The molecule has 0 atom stereocenters. The molecule has 0 bridgehead atoms. The van der Waals surface area contributed by atoms with Crippen molar-refractivity contribution in [3.8, 4) is 0 Å². The van der Waals surface area contributed by atoms with E-state index in [9.17, 15) is 14.0 Å². The Labute approximate surface area is 238 Å². The van der Waals surface area contributed by atoms with Gasteiger partial charge in [-0.2, -0.15) is 9.78 Å².